The number of halogens is 4. The Morgan fingerprint density at radius 3 is 2.38 bits per heavy atom. The summed E-state index contributed by atoms with van der Waals surface area (Å²) in [4.78, 5) is 0. The van der Waals surface area contributed by atoms with Crippen LogP contribution in [0.25, 0.3) is 5.57 Å². The number of allylic oxidation sites excluding steroid dienone is 2. The Labute approximate surface area is 90.6 Å². The maximum Gasteiger partial charge on any atom is 0.416 e. The molecule has 0 saturated carbocycles. The van der Waals surface area contributed by atoms with Crippen LogP contribution in [-0.4, -0.2) is 0 Å². The molecular formula is C12H10F4. The number of rotatable bonds is 1. The van der Waals surface area contributed by atoms with Crippen molar-refractivity contribution in [3.05, 3.63) is 41.2 Å². The van der Waals surface area contributed by atoms with Crippen molar-refractivity contribution in [1.82, 2.24) is 0 Å². The maximum atomic E-state index is 13.1. The van der Waals surface area contributed by atoms with Gasteiger partial charge in [0.15, 0.2) is 0 Å². The van der Waals surface area contributed by atoms with Crippen molar-refractivity contribution in [3.8, 4) is 0 Å². The normalized spacial score (nSPS) is 16.4. The van der Waals surface area contributed by atoms with Gasteiger partial charge in [-0.2, -0.15) is 13.2 Å². The van der Waals surface area contributed by atoms with Crippen LogP contribution in [0.1, 0.15) is 30.4 Å². The molecule has 0 amide bonds. The summed E-state index contributed by atoms with van der Waals surface area (Å²) in [6.07, 6.45) is -0.119. The van der Waals surface area contributed by atoms with Gasteiger partial charge in [-0.3, -0.25) is 0 Å². The van der Waals surface area contributed by atoms with Crippen LogP contribution >= 0.6 is 0 Å². The summed E-state index contributed by atoms with van der Waals surface area (Å²) >= 11 is 0. The first-order chi connectivity index (χ1) is 7.47. The van der Waals surface area contributed by atoms with E-state index in [9.17, 15) is 17.6 Å². The van der Waals surface area contributed by atoms with Crippen LogP contribution in [0.5, 0.6) is 0 Å². The minimum atomic E-state index is -4.49. The quantitative estimate of drug-likeness (QED) is 0.627. The summed E-state index contributed by atoms with van der Waals surface area (Å²) in [6.45, 7) is 0. The fraction of sp³-hybridized carbons (Fsp3) is 0.333. The van der Waals surface area contributed by atoms with E-state index in [-0.39, 0.29) is 0 Å². The molecule has 0 atom stereocenters. The summed E-state index contributed by atoms with van der Waals surface area (Å²) in [7, 11) is 0. The molecular weight excluding hydrogens is 220 g/mol. The minimum Gasteiger partial charge on any atom is -0.207 e. The van der Waals surface area contributed by atoms with E-state index in [0.717, 1.165) is 37.0 Å². The average Bonchev–Trinajstić information content (AvgIpc) is 2.68. The van der Waals surface area contributed by atoms with E-state index in [4.69, 9.17) is 0 Å². The summed E-state index contributed by atoms with van der Waals surface area (Å²) in [5, 5.41) is 0. The third-order valence-electron chi connectivity index (χ3n) is 2.64. The first kappa shape index (κ1) is 11.2. The van der Waals surface area contributed by atoms with Crippen LogP contribution in [0.2, 0.25) is 0 Å². The fourth-order valence-corrected chi connectivity index (χ4v) is 1.87. The molecule has 2 rings (SSSR count). The Hall–Kier alpha value is -1.32. The smallest absolute Gasteiger partial charge is 0.207 e. The molecule has 0 radical (unpaired) electrons. The number of alkyl halides is 3. The summed E-state index contributed by atoms with van der Waals surface area (Å²) in [6, 6.07) is 2.70. The first-order valence-electron chi connectivity index (χ1n) is 5.04. The maximum absolute atomic E-state index is 13.1. The largest absolute Gasteiger partial charge is 0.416 e. The van der Waals surface area contributed by atoms with E-state index in [1.165, 1.54) is 0 Å². The molecule has 0 saturated heterocycles. The number of benzene rings is 1. The molecule has 0 aliphatic heterocycles. The number of hydrogen-bond acceptors (Lipinski definition) is 0. The van der Waals surface area contributed by atoms with Gasteiger partial charge in [0, 0.05) is 0 Å². The lowest BCUT2D eigenvalue weighted by atomic mass is 10.0. The molecule has 1 aromatic carbocycles. The molecule has 0 N–H and O–H groups in total. The van der Waals surface area contributed by atoms with Crippen LogP contribution in [-0.2, 0) is 6.18 Å². The second kappa shape index (κ2) is 3.92. The lowest BCUT2D eigenvalue weighted by Crippen LogP contribution is -2.06. The van der Waals surface area contributed by atoms with Crippen molar-refractivity contribution in [2.24, 2.45) is 0 Å². The molecule has 0 fully saturated rings. The summed E-state index contributed by atoms with van der Waals surface area (Å²) in [5.74, 6) is -0.836. The van der Waals surface area contributed by atoms with Gasteiger partial charge >= 0.3 is 6.18 Å². The van der Waals surface area contributed by atoms with Crippen LogP contribution < -0.4 is 0 Å². The third-order valence-corrected chi connectivity index (χ3v) is 2.64. The lowest BCUT2D eigenvalue weighted by Gasteiger charge is -2.10. The molecule has 86 valence electrons. The van der Waals surface area contributed by atoms with E-state index in [1.807, 2.05) is 6.08 Å². The molecule has 1 aliphatic rings. The van der Waals surface area contributed by atoms with E-state index >= 15 is 0 Å². The zero-order valence-corrected chi connectivity index (χ0v) is 8.44. The van der Waals surface area contributed by atoms with Gasteiger partial charge in [-0.05, 0) is 48.6 Å². The Bertz CT molecular complexity index is 429. The van der Waals surface area contributed by atoms with Crippen molar-refractivity contribution in [2.75, 3.05) is 0 Å². The second-order valence-corrected chi connectivity index (χ2v) is 3.85. The first-order valence-corrected chi connectivity index (χ1v) is 5.04. The standard InChI is InChI=1S/C12H10F4/c13-11-6-9(8-3-1-2-4-8)5-10(7-11)12(14,15)16/h3,5-7H,1-2,4H2. The molecule has 0 spiro atoms. The Balaban J connectivity index is 2.44. The highest BCUT2D eigenvalue weighted by Gasteiger charge is 2.31. The number of hydrogen-bond donors (Lipinski definition) is 0. The highest BCUT2D eigenvalue weighted by Crippen LogP contribution is 2.34. The predicted molar refractivity (Wildman–Crippen MR) is 53.2 cm³/mol. The molecule has 16 heavy (non-hydrogen) atoms. The minimum absolute atomic E-state index is 0.352. The zero-order valence-electron chi connectivity index (χ0n) is 8.44. The van der Waals surface area contributed by atoms with E-state index in [1.54, 1.807) is 0 Å². The SMILES string of the molecule is Fc1cc(C2=CCCC2)cc(C(F)(F)F)c1. The van der Waals surface area contributed by atoms with Crippen molar-refractivity contribution < 1.29 is 17.6 Å². The van der Waals surface area contributed by atoms with Crippen molar-refractivity contribution in [2.45, 2.75) is 25.4 Å². The topological polar surface area (TPSA) is 0 Å². The fourth-order valence-electron chi connectivity index (χ4n) is 1.87. The molecule has 4 heteroatoms. The van der Waals surface area contributed by atoms with Crippen molar-refractivity contribution >= 4 is 5.57 Å². The predicted octanol–water partition coefficient (Wildman–Crippen LogP) is 4.41. The van der Waals surface area contributed by atoms with E-state index < -0.39 is 17.6 Å². The van der Waals surface area contributed by atoms with Crippen LogP contribution in [0.15, 0.2) is 24.3 Å². The second-order valence-electron chi connectivity index (χ2n) is 3.85. The van der Waals surface area contributed by atoms with Gasteiger partial charge in [0.05, 0.1) is 5.56 Å². The van der Waals surface area contributed by atoms with E-state index in [0.29, 0.717) is 11.6 Å². The van der Waals surface area contributed by atoms with Gasteiger partial charge in [0.1, 0.15) is 5.82 Å². The van der Waals surface area contributed by atoms with Crippen molar-refractivity contribution in [1.29, 1.82) is 0 Å². The molecule has 0 bridgehead atoms. The monoisotopic (exact) mass is 230 g/mol. The van der Waals surface area contributed by atoms with E-state index in [2.05, 4.69) is 0 Å². The Morgan fingerprint density at radius 2 is 1.81 bits per heavy atom. The molecule has 0 nitrogen and oxygen atoms in total. The van der Waals surface area contributed by atoms with Crippen LogP contribution in [0.4, 0.5) is 17.6 Å². The highest BCUT2D eigenvalue weighted by atomic mass is 19.4. The third kappa shape index (κ3) is 2.26. The Morgan fingerprint density at radius 1 is 1.06 bits per heavy atom. The molecule has 1 aromatic rings. The molecule has 0 unspecified atom stereocenters. The lowest BCUT2D eigenvalue weighted by molar-refractivity contribution is -0.137. The summed E-state index contributed by atoms with van der Waals surface area (Å²) < 4.78 is 50.4. The van der Waals surface area contributed by atoms with Gasteiger partial charge in [0.2, 0.25) is 0 Å². The van der Waals surface area contributed by atoms with Gasteiger partial charge in [0.25, 0.3) is 0 Å². The van der Waals surface area contributed by atoms with Crippen LogP contribution in [0, 0.1) is 5.82 Å². The van der Waals surface area contributed by atoms with Gasteiger partial charge in [-0.1, -0.05) is 6.08 Å². The van der Waals surface area contributed by atoms with Crippen LogP contribution in [0.3, 0.4) is 0 Å². The van der Waals surface area contributed by atoms with Crippen molar-refractivity contribution in [3.63, 3.8) is 0 Å². The Kier molecular flexibility index (Phi) is 2.74. The van der Waals surface area contributed by atoms with Gasteiger partial charge < -0.3 is 0 Å². The average molecular weight is 230 g/mol. The highest BCUT2D eigenvalue weighted by molar-refractivity contribution is 5.67. The van der Waals surface area contributed by atoms with Gasteiger partial charge in [-0.15, -0.1) is 0 Å². The zero-order chi connectivity index (χ0) is 11.8. The molecule has 1 aliphatic carbocycles. The molecule has 0 aromatic heterocycles. The summed E-state index contributed by atoms with van der Waals surface area (Å²) in [5.41, 5.74) is 0.241. The molecule has 0 heterocycles. The van der Waals surface area contributed by atoms with Gasteiger partial charge in [-0.25, -0.2) is 4.39 Å².